The Morgan fingerprint density at radius 3 is 2.42 bits per heavy atom. The van der Waals surface area contributed by atoms with Crippen molar-refractivity contribution in [3.05, 3.63) is 0 Å². The van der Waals surface area contributed by atoms with Gasteiger partial charge in [-0.25, -0.2) is 0 Å². The summed E-state index contributed by atoms with van der Waals surface area (Å²) in [5, 5.41) is 9.53. The fraction of sp³-hybridized carbons (Fsp3) is 0.933. The van der Waals surface area contributed by atoms with Crippen molar-refractivity contribution in [1.29, 1.82) is 0 Å². The molecule has 4 heteroatoms. The lowest BCUT2D eigenvalue weighted by Crippen LogP contribution is -2.55. The van der Waals surface area contributed by atoms with Crippen LogP contribution in [0, 0.1) is 5.41 Å². The van der Waals surface area contributed by atoms with Gasteiger partial charge in [0.25, 0.3) is 0 Å². The summed E-state index contributed by atoms with van der Waals surface area (Å²) in [7, 11) is 0. The Kier molecular flexibility index (Phi) is 4.85. The Labute approximate surface area is 116 Å². The molecule has 0 aromatic rings. The van der Waals surface area contributed by atoms with Crippen molar-refractivity contribution < 1.29 is 9.90 Å². The fourth-order valence-electron chi connectivity index (χ4n) is 3.68. The molecule has 19 heavy (non-hydrogen) atoms. The summed E-state index contributed by atoms with van der Waals surface area (Å²) in [6.45, 7) is 9.44. The van der Waals surface area contributed by atoms with E-state index in [1.165, 1.54) is 32.4 Å². The third-order valence-electron chi connectivity index (χ3n) is 4.76. The molecule has 2 aliphatic heterocycles. The lowest BCUT2D eigenvalue weighted by atomic mass is 9.76. The second kappa shape index (κ2) is 6.23. The molecule has 0 aromatic heterocycles. The van der Waals surface area contributed by atoms with Crippen molar-refractivity contribution in [3.63, 3.8) is 0 Å². The van der Waals surface area contributed by atoms with Crippen LogP contribution in [0.5, 0.6) is 0 Å². The predicted molar refractivity (Wildman–Crippen MR) is 76.3 cm³/mol. The molecule has 0 aliphatic carbocycles. The monoisotopic (exact) mass is 268 g/mol. The number of piperidine rings is 2. The molecule has 2 aliphatic rings. The highest BCUT2D eigenvalue weighted by Crippen LogP contribution is 2.35. The molecule has 2 rings (SSSR count). The number of aliphatic carboxylic acids is 1. The van der Waals surface area contributed by atoms with Crippen molar-refractivity contribution in [3.8, 4) is 0 Å². The van der Waals surface area contributed by atoms with Gasteiger partial charge in [0, 0.05) is 13.1 Å². The highest BCUT2D eigenvalue weighted by atomic mass is 16.4. The average molecular weight is 268 g/mol. The number of rotatable bonds is 4. The number of carboxylic acid groups (broad SMARTS) is 1. The minimum atomic E-state index is -0.650. The number of hydrogen-bond acceptors (Lipinski definition) is 3. The Balaban J connectivity index is 1.91. The predicted octanol–water partition coefficient (Wildman–Crippen LogP) is 2.05. The SMILES string of the molecule is CC1(C)CCCN(CCN2CCCCC2)C1C(=O)O. The first-order valence-corrected chi connectivity index (χ1v) is 7.70. The standard InChI is InChI=1S/C15H28N2O2/c1-15(2)7-6-10-17(13(15)14(18)19)12-11-16-8-4-3-5-9-16/h13H,3-12H2,1-2H3,(H,18,19). The highest BCUT2D eigenvalue weighted by molar-refractivity contribution is 5.74. The van der Waals surface area contributed by atoms with Crippen molar-refractivity contribution in [2.24, 2.45) is 5.41 Å². The van der Waals surface area contributed by atoms with Crippen LogP contribution in [0.1, 0.15) is 46.0 Å². The topological polar surface area (TPSA) is 43.8 Å². The molecule has 2 saturated heterocycles. The van der Waals surface area contributed by atoms with Gasteiger partial charge in [0.1, 0.15) is 6.04 Å². The zero-order chi connectivity index (χ0) is 13.9. The van der Waals surface area contributed by atoms with Crippen LogP contribution in [0.15, 0.2) is 0 Å². The van der Waals surface area contributed by atoms with E-state index in [2.05, 4.69) is 23.6 Å². The van der Waals surface area contributed by atoms with Crippen LogP contribution >= 0.6 is 0 Å². The van der Waals surface area contributed by atoms with Gasteiger partial charge in [0.2, 0.25) is 0 Å². The minimum Gasteiger partial charge on any atom is -0.480 e. The molecule has 1 atom stereocenters. The van der Waals surface area contributed by atoms with Crippen LogP contribution < -0.4 is 0 Å². The molecule has 2 fully saturated rings. The highest BCUT2D eigenvalue weighted by Gasteiger charge is 2.42. The molecule has 0 amide bonds. The lowest BCUT2D eigenvalue weighted by Gasteiger charge is -2.44. The molecular weight excluding hydrogens is 240 g/mol. The Bertz CT molecular complexity index is 311. The van der Waals surface area contributed by atoms with Gasteiger partial charge in [0.05, 0.1) is 0 Å². The molecule has 1 N–H and O–H groups in total. The van der Waals surface area contributed by atoms with Gasteiger partial charge >= 0.3 is 5.97 Å². The van der Waals surface area contributed by atoms with Crippen LogP contribution in [0.4, 0.5) is 0 Å². The Morgan fingerprint density at radius 2 is 1.79 bits per heavy atom. The van der Waals surface area contributed by atoms with E-state index >= 15 is 0 Å². The largest absolute Gasteiger partial charge is 0.480 e. The average Bonchev–Trinajstić information content (AvgIpc) is 2.36. The molecular formula is C15H28N2O2. The first-order chi connectivity index (χ1) is 9.00. The molecule has 2 heterocycles. The molecule has 0 spiro atoms. The number of carboxylic acids is 1. The van der Waals surface area contributed by atoms with Crippen molar-refractivity contribution in [1.82, 2.24) is 9.80 Å². The molecule has 0 bridgehead atoms. The molecule has 0 saturated carbocycles. The van der Waals surface area contributed by atoms with Gasteiger partial charge in [-0.05, 0) is 50.7 Å². The quantitative estimate of drug-likeness (QED) is 0.847. The van der Waals surface area contributed by atoms with E-state index in [9.17, 15) is 9.90 Å². The van der Waals surface area contributed by atoms with E-state index in [-0.39, 0.29) is 11.5 Å². The number of nitrogens with zero attached hydrogens (tertiary/aromatic N) is 2. The zero-order valence-electron chi connectivity index (χ0n) is 12.4. The summed E-state index contributed by atoms with van der Waals surface area (Å²) in [4.78, 5) is 16.3. The second-order valence-electron chi connectivity index (χ2n) is 6.77. The minimum absolute atomic E-state index is 0.105. The molecule has 4 nitrogen and oxygen atoms in total. The lowest BCUT2D eigenvalue weighted by molar-refractivity contribution is -0.150. The van der Waals surface area contributed by atoms with Crippen LogP contribution in [0.3, 0.4) is 0 Å². The third-order valence-corrected chi connectivity index (χ3v) is 4.76. The maximum absolute atomic E-state index is 11.6. The maximum Gasteiger partial charge on any atom is 0.321 e. The molecule has 0 radical (unpaired) electrons. The smallest absolute Gasteiger partial charge is 0.321 e. The Hall–Kier alpha value is -0.610. The van der Waals surface area contributed by atoms with E-state index in [0.717, 1.165) is 32.5 Å². The van der Waals surface area contributed by atoms with E-state index in [4.69, 9.17) is 0 Å². The number of hydrogen-bond donors (Lipinski definition) is 1. The van der Waals surface area contributed by atoms with Crippen LogP contribution in [-0.4, -0.2) is 59.6 Å². The summed E-state index contributed by atoms with van der Waals surface area (Å²) >= 11 is 0. The summed E-state index contributed by atoms with van der Waals surface area (Å²) in [5.74, 6) is -0.650. The second-order valence-corrected chi connectivity index (χ2v) is 6.77. The number of likely N-dealkylation sites (tertiary alicyclic amines) is 2. The van der Waals surface area contributed by atoms with Gasteiger partial charge in [-0.15, -0.1) is 0 Å². The van der Waals surface area contributed by atoms with E-state index in [1.807, 2.05) is 0 Å². The van der Waals surface area contributed by atoms with Crippen molar-refractivity contribution in [2.45, 2.75) is 52.0 Å². The van der Waals surface area contributed by atoms with Gasteiger partial charge in [-0.3, -0.25) is 9.69 Å². The van der Waals surface area contributed by atoms with E-state index in [0.29, 0.717) is 0 Å². The summed E-state index contributed by atoms with van der Waals surface area (Å²) in [6, 6.07) is -0.314. The summed E-state index contributed by atoms with van der Waals surface area (Å²) < 4.78 is 0. The van der Waals surface area contributed by atoms with Crippen LogP contribution in [-0.2, 0) is 4.79 Å². The van der Waals surface area contributed by atoms with Crippen molar-refractivity contribution >= 4 is 5.97 Å². The Morgan fingerprint density at radius 1 is 1.11 bits per heavy atom. The van der Waals surface area contributed by atoms with Gasteiger partial charge in [-0.2, -0.15) is 0 Å². The molecule has 110 valence electrons. The molecule has 0 aromatic carbocycles. The van der Waals surface area contributed by atoms with Crippen molar-refractivity contribution in [2.75, 3.05) is 32.7 Å². The van der Waals surface area contributed by atoms with Gasteiger partial charge < -0.3 is 10.0 Å². The molecule has 1 unspecified atom stereocenters. The third kappa shape index (κ3) is 3.69. The van der Waals surface area contributed by atoms with Gasteiger partial charge in [-0.1, -0.05) is 20.3 Å². The summed E-state index contributed by atoms with van der Waals surface area (Å²) in [6.07, 6.45) is 6.09. The maximum atomic E-state index is 11.6. The number of carbonyl (C=O) groups is 1. The fourth-order valence-corrected chi connectivity index (χ4v) is 3.68. The summed E-state index contributed by atoms with van der Waals surface area (Å²) in [5.41, 5.74) is -0.105. The van der Waals surface area contributed by atoms with Crippen LogP contribution in [0.2, 0.25) is 0 Å². The van der Waals surface area contributed by atoms with Crippen LogP contribution in [0.25, 0.3) is 0 Å². The van der Waals surface area contributed by atoms with E-state index in [1.54, 1.807) is 0 Å². The zero-order valence-corrected chi connectivity index (χ0v) is 12.4. The van der Waals surface area contributed by atoms with E-state index < -0.39 is 5.97 Å². The first-order valence-electron chi connectivity index (χ1n) is 7.70. The van der Waals surface area contributed by atoms with Gasteiger partial charge in [0.15, 0.2) is 0 Å². The first kappa shape index (κ1) is 14.8. The normalized spacial score (nSPS) is 29.3.